The van der Waals surface area contributed by atoms with Crippen molar-refractivity contribution in [1.82, 2.24) is 0 Å². The topological polar surface area (TPSA) is 35.3 Å². The van der Waals surface area contributed by atoms with Crippen LogP contribution in [0.1, 0.15) is 18.1 Å². The van der Waals surface area contributed by atoms with Crippen molar-refractivity contribution in [2.24, 2.45) is 0 Å². The summed E-state index contributed by atoms with van der Waals surface area (Å²) < 4.78 is 6.84. The zero-order chi connectivity index (χ0) is 13.4. The molecule has 2 aromatic carbocycles. The predicted molar refractivity (Wildman–Crippen MR) is 75.1 cm³/mol. The normalized spacial score (nSPS) is 17.9. The Morgan fingerprint density at radius 3 is 2.58 bits per heavy atom. The molecule has 3 rings (SSSR count). The van der Waals surface area contributed by atoms with Crippen LogP contribution in [0.5, 0.6) is 5.75 Å². The Hall–Kier alpha value is -2.29. The molecule has 0 bridgehead atoms. The van der Waals surface area contributed by atoms with Gasteiger partial charge in [0.2, 0.25) is 5.71 Å². The minimum absolute atomic E-state index is 0.255. The lowest BCUT2D eigenvalue weighted by Gasteiger charge is -2.24. The zero-order valence-electron chi connectivity index (χ0n) is 11.0. The Bertz CT molecular complexity index is 647. The van der Waals surface area contributed by atoms with Gasteiger partial charge in [0.05, 0.1) is 0 Å². The predicted octanol–water partition coefficient (Wildman–Crippen LogP) is 3.41. The van der Waals surface area contributed by atoms with E-state index in [1.807, 2.05) is 62.4 Å². The summed E-state index contributed by atoms with van der Waals surface area (Å²) in [6.07, 6.45) is -0.255. The van der Waals surface area contributed by atoms with Gasteiger partial charge in [-0.15, -0.1) is 0 Å². The molecule has 0 saturated carbocycles. The molecular formula is C16H15NO2. The molecule has 1 aliphatic heterocycles. The van der Waals surface area contributed by atoms with Crippen molar-refractivity contribution in [1.29, 1.82) is 0 Å². The second kappa shape index (κ2) is 4.43. The molecule has 0 fully saturated rings. The van der Waals surface area contributed by atoms with E-state index in [4.69, 9.17) is 4.74 Å². The maximum Gasteiger partial charge on any atom is 0.259 e. The van der Waals surface area contributed by atoms with Gasteiger partial charge < -0.3 is 9.94 Å². The van der Waals surface area contributed by atoms with Gasteiger partial charge in [-0.3, -0.25) is 0 Å². The van der Waals surface area contributed by atoms with Gasteiger partial charge in [0.1, 0.15) is 0 Å². The van der Waals surface area contributed by atoms with Crippen LogP contribution in [-0.2, 0) is 0 Å². The lowest BCUT2D eigenvalue weighted by atomic mass is 10.0. The Morgan fingerprint density at radius 2 is 1.84 bits per heavy atom. The van der Waals surface area contributed by atoms with Crippen LogP contribution in [0.25, 0.3) is 0 Å². The molecule has 1 atom stereocenters. The maximum atomic E-state index is 12.6. The summed E-state index contributed by atoms with van der Waals surface area (Å²) in [5.74, 6) is 0.646. The maximum absolute atomic E-state index is 12.6. The Balaban J connectivity index is 2.20. The minimum atomic E-state index is -0.255. The SMILES string of the molecule is Cc1ccc2c(c1)[N+]([O-])=C(c1ccccc1)C(C)O2. The van der Waals surface area contributed by atoms with Gasteiger partial charge in [-0.2, -0.15) is 4.74 Å². The summed E-state index contributed by atoms with van der Waals surface area (Å²) in [5, 5.41) is 12.6. The van der Waals surface area contributed by atoms with E-state index in [1.165, 1.54) is 0 Å². The van der Waals surface area contributed by atoms with Crippen LogP contribution < -0.4 is 4.74 Å². The zero-order valence-corrected chi connectivity index (χ0v) is 11.0. The molecule has 0 spiro atoms. The highest BCUT2D eigenvalue weighted by Crippen LogP contribution is 2.33. The highest BCUT2D eigenvalue weighted by molar-refractivity contribution is 6.01. The molecular weight excluding hydrogens is 238 g/mol. The molecule has 0 aromatic heterocycles. The molecule has 0 radical (unpaired) electrons. The molecule has 1 unspecified atom stereocenters. The molecule has 96 valence electrons. The fourth-order valence-electron chi connectivity index (χ4n) is 2.39. The summed E-state index contributed by atoms with van der Waals surface area (Å²) in [5.41, 5.74) is 3.18. The second-order valence-electron chi connectivity index (χ2n) is 4.78. The first-order chi connectivity index (χ1) is 9.16. The van der Waals surface area contributed by atoms with E-state index in [2.05, 4.69) is 0 Å². The first kappa shape index (κ1) is 11.8. The van der Waals surface area contributed by atoms with Crippen LogP contribution in [-0.4, -0.2) is 16.6 Å². The minimum Gasteiger partial charge on any atom is -0.618 e. The lowest BCUT2D eigenvalue weighted by Crippen LogP contribution is -2.34. The average molecular weight is 253 g/mol. The molecule has 19 heavy (non-hydrogen) atoms. The quantitative estimate of drug-likeness (QED) is 0.576. The van der Waals surface area contributed by atoms with Gasteiger partial charge in [0, 0.05) is 11.6 Å². The van der Waals surface area contributed by atoms with Crippen LogP contribution in [0.15, 0.2) is 48.5 Å². The summed E-state index contributed by atoms with van der Waals surface area (Å²) in [6.45, 7) is 3.87. The number of rotatable bonds is 1. The van der Waals surface area contributed by atoms with Crippen molar-refractivity contribution in [2.45, 2.75) is 20.0 Å². The molecule has 3 heteroatoms. The van der Waals surface area contributed by atoms with E-state index in [1.54, 1.807) is 0 Å². The standard InChI is InChI=1S/C16H15NO2/c1-11-8-9-15-14(10-11)17(18)16(12(2)19-15)13-6-4-3-5-7-13/h3-10,12H,1-2H3. The first-order valence-corrected chi connectivity index (χ1v) is 6.33. The smallest absolute Gasteiger partial charge is 0.259 e. The summed E-state index contributed by atoms with van der Waals surface area (Å²) in [7, 11) is 0. The first-order valence-electron chi connectivity index (χ1n) is 6.33. The van der Waals surface area contributed by atoms with Crippen molar-refractivity contribution >= 4 is 11.4 Å². The molecule has 0 N–H and O–H groups in total. The largest absolute Gasteiger partial charge is 0.618 e. The number of hydrogen-bond acceptors (Lipinski definition) is 2. The van der Waals surface area contributed by atoms with E-state index in [0.717, 1.165) is 15.9 Å². The lowest BCUT2D eigenvalue weighted by molar-refractivity contribution is -0.370. The summed E-state index contributed by atoms with van der Waals surface area (Å²) in [4.78, 5) is 0. The second-order valence-corrected chi connectivity index (χ2v) is 4.78. The molecule has 3 nitrogen and oxygen atoms in total. The van der Waals surface area contributed by atoms with Crippen LogP contribution in [0.3, 0.4) is 0 Å². The van der Waals surface area contributed by atoms with Crippen LogP contribution in [0.4, 0.5) is 5.69 Å². The summed E-state index contributed by atoms with van der Waals surface area (Å²) >= 11 is 0. The van der Waals surface area contributed by atoms with Crippen LogP contribution in [0.2, 0.25) is 0 Å². The molecule has 0 amide bonds. The fourth-order valence-corrected chi connectivity index (χ4v) is 2.39. The van der Waals surface area contributed by atoms with Gasteiger partial charge in [-0.1, -0.05) is 24.3 Å². The fraction of sp³-hybridized carbons (Fsp3) is 0.188. The van der Waals surface area contributed by atoms with Gasteiger partial charge >= 0.3 is 0 Å². The number of nitrogens with zero attached hydrogens (tertiary/aromatic N) is 1. The number of fused-ring (bicyclic) bond motifs is 1. The van der Waals surface area contributed by atoms with E-state index in [0.29, 0.717) is 17.1 Å². The highest BCUT2D eigenvalue weighted by Gasteiger charge is 2.31. The Kier molecular flexibility index (Phi) is 2.75. The van der Waals surface area contributed by atoms with E-state index < -0.39 is 0 Å². The Labute approximate surface area is 112 Å². The van der Waals surface area contributed by atoms with E-state index in [9.17, 15) is 5.21 Å². The average Bonchev–Trinajstić information content (AvgIpc) is 2.41. The third-order valence-electron chi connectivity index (χ3n) is 3.31. The number of aryl methyl sites for hydroxylation is 1. The molecule has 1 aliphatic rings. The van der Waals surface area contributed by atoms with E-state index >= 15 is 0 Å². The van der Waals surface area contributed by atoms with Gasteiger partial charge in [-0.25, -0.2) is 0 Å². The summed E-state index contributed by atoms with van der Waals surface area (Å²) in [6, 6.07) is 15.3. The molecule has 0 saturated heterocycles. The van der Waals surface area contributed by atoms with Crippen molar-refractivity contribution in [3.05, 3.63) is 64.9 Å². The third-order valence-corrected chi connectivity index (χ3v) is 3.31. The van der Waals surface area contributed by atoms with Crippen LogP contribution in [0, 0.1) is 12.1 Å². The van der Waals surface area contributed by atoms with Gasteiger partial charge in [0.25, 0.3) is 5.69 Å². The monoisotopic (exact) mass is 253 g/mol. The number of benzene rings is 2. The van der Waals surface area contributed by atoms with Crippen LogP contribution >= 0.6 is 0 Å². The van der Waals surface area contributed by atoms with Crippen molar-refractivity contribution < 1.29 is 9.48 Å². The molecule has 2 aromatic rings. The number of hydrogen-bond donors (Lipinski definition) is 0. The molecule has 0 aliphatic carbocycles. The third kappa shape index (κ3) is 1.97. The Morgan fingerprint density at radius 1 is 1.11 bits per heavy atom. The number of ether oxygens (including phenoxy) is 1. The van der Waals surface area contributed by atoms with Crippen molar-refractivity contribution in [2.75, 3.05) is 0 Å². The van der Waals surface area contributed by atoms with E-state index in [-0.39, 0.29) is 6.10 Å². The van der Waals surface area contributed by atoms with Crippen molar-refractivity contribution in [3.8, 4) is 5.75 Å². The highest BCUT2D eigenvalue weighted by atomic mass is 16.5. The van der Waals surface area contributed by atoms with Gasteiger partial charge in [-0.05, 0) is 37.6 Å². The van der Waals surface area contributed by atoms with Gasteiger partial charge in [0.15, 0.2) is 11.9 Å². The molecule has 1 heterocycles. The van der Waals surface area contributed by atoms with Crippen molar-refractivity contribution in [3.63, 3.8) is 0 Å².